The maximum Gasteiger partial charge on any atom is 0.285 e. The third kappa shape index (κ3) is 10.8. The summed E-state index contributed by atoms with van der Waals surface area (Å²) in [5.74, 6) is -2.46. The van der Waals surface area contributed by atoms with Crippen molar-refractivity contribution in [3.05, 3.63) is 36.4 Å². The third-order valence-corrected chi connectivity index (χ3v) is 5.73. The molecule has 0 aromatic carbocycles. The van der Waals surface area contributed by atoms with Crippen molar-refractivity contribution >= 4 is 22.1 Å². The van der Waals surface area contributed by atoms with Crippen LogP contribution < -0.4 is 19.3 Å². The Labute approximate surface area is 208 Å². The second-order valence-electron chi connectivity index (χ2n) is 7.62. The first-order valence-corrected chi connectivity index (χ1v) is 12.1. The van der Waals surface area contributed by atoms with Crippen molar-refractivity contribution in [2.45, 2.75) is 50.8 Å². The predicted octanol–water partition coefficient (Wildman–Crippen LogP) is -5.15. The molecule has 0 spiro atoms. The van der Waals surface area contributed by atoms with E-state index in [1.165, 1.54) is 0 Å². The lowest BCUT2D eigenvalue weighted by atomic mass is 10.3. The van der Waals surface area contributed by atoms with Gasteiger partial charge in [0.25, 0.3) is 21.8 Å². The summed E-state index contributed by atoms with van der Waals surface area (Å²) in [4.78, 5) is 19.7. The number of aliphatic hydroxyl groups is 4. The number of aryl methyl sites for hydroxylation is 2. The van der Waals surface area contributed by atoms with Gasteiger partial charge in [-0.3, -0.25) is 4.55 Å². The van der Waals surface area contributed by atoms with Gasteiger partial charge in [-0.15, -0.1) is 0 Å². The lowest BCUT2D eigenvalue weighted by Gasteiger charge is -2.14. The van der Waals surface area contributed by atoms with Crippen LogP contribution in [0, 0.1) is 0 Å². The summed E-state index contributed by atoms with van der Waals surface area (Å²) in [5.41, 5.74) is 0. The van der Waals surface area contributed by atoms with E-state index < -0.39 is 45.9 Å². The van der Waals surface area contributed by atoms with Crippen LogP contribution >= 0.6 is 0 Å². The Bertz CT molecular complexity index is 1020. The van der Waals surface area contributed by atoms with Gasteiger partial charge in [0.2, 0.25) is 0 Å². The summed E-state index contributed by atoms with van der Waals surface area (Å²) < 4.78 is 35.8. The van der Waals surface area contributed by atoms with Gasteiger partial charge in [-0.25, -0.2) is 18.3 Å². The van der Waals surface area contributed by atoms with Gasteiger partial charge in [-0.2, -0.15) is 8.42 Å². The predicted molar refractivity (Wildman–Crippen MR) is 117 cm³/mol. The van der Waals surface area contributed by atoms with Crippen LogP contribution in [0.4, 0.5) is 0 Å². The van der Waals surface area contributed by atoms with Crippen molar-refractivity contribution in [1.29, 1.82) is 0 Å². The zero-order valence-corrected chi connectivity index (χ0v) is 21.3. The molecule has 2 rings (SSSR count). The summed E-state index contributed by atoms with van der Waals surface area (Å²) in [7, 11) is -1.20. The summed E-state index contributed by atoms with van der Waals surface area (Å²) in [6, 6.07) is 0. The highest BCUT2D eigenvalue weighted by Gasteiger charge is 2.24. The van der Waals surface area contributed by atoms with E-state index in [1.807, 2.05) is 57.2 Å². The molecule has 15 nitrogen and oxygen atoms in total. The Morgan fingerprint density at radius 3 is 1.47 bits per heavy atom. The third-order valence-electron chi connectivity index (χ3n) is 4.66. The minimum absolute atomic E-state index is 0.0917. The number of carbonyl (C=O) groups excluding carboxylic acids is 2. The highest BCUT2D eigenvalue weighted by atomic mass is 32.2. The minimum Gasteiger partial charge on any atom is -0.550 e. The van der Waals surface area contributed by atoms with Crippen molar-refractivity contribution < 1.29 is 62.3 Å². The molecule has 0 saturated heterocycles. The van der Waals surface area contributed by atoms with E-state index in [9.17, 15) is 38.4 Å². The fourth-order valence-corrected chi connectivity index (χ4v) is 3.79. The molecule has 0 aliphatic carbocycles. The number of imidazole rings is 2. The number of nitrogens with zero attached hydrogens (tertiary/aromatic N) is 4. The normalized spacial score (nSPS) is 13.5. The lowest BCUT2D eigenvalue weighted by Crippen LogP contribution is -2.44. The molecular formula is C20H34N4O11S. The molecule has 0 fully saturated rings. The monoisotopic (exact) mass is 538 g/mol. The largest absolute Gasteiger partial charge is 0.550 e. The summed E-state index contributed by atoms with van der Waals surface area (Å²) in [5, 5.41) is 53.5. The van der Waals surface area contributed by atoms with E-state index in [0.29, 0.717) is 13.1 Å². The number of aliphatic carboxylic acids is 2. The fraction of sp³-hybridized carbons (Fsp3) is 0.600. The number of carboxylic acid groups (broad SMARTS) is 2. The van der Waals surface area contributed by atoms with Crippen molar-refractivity contribution in [3.63, 3.8) is 0 Å². The van der Waals surface area contributed by atoms with E-state index in [-0.39, 0.29) is 13.2 Å². The standard InChI is InChI=1S/2C8H15N2O2.C4H6O7S/c2*1-7(12)8-9(2)3-4-10(8)5-6-11;5-3(6)1-2(4(7)8)12(9,10)11/h2*3-4,7,11-12H,5-6H2,1-2H3;2H,1H2,(H,5,6)(H,7,8)(H,9,10,11)/q2*+1;/p-2. The highest BCUT2D eigenvalue weighted by molar-refractivity contribution is 7.87. The second-order valence-corrected chi connectivity index (χ2v) is 9.22. The van der Waals surface area contributed by atoms with E-state index >= 15 is 0 Å². The average Bonchev–Trinajstić information content (AvgIpc) is 3.29. The van der Waals surface area contributed by atoms with Crippen LogP contribution in [0.1, 0.15) is 44.1 Å². The SMILES string of the molecule is CC(O)c1n(CCO)cc[n+]1C.CC(O)c1n(CCO)cc[n+]1C.O=C([O-])CC(C(=O)[O-])S(=O)(=O)O. The van der Waals surface area contributed by atoms with Crippen LogP contribution in [0.25, 0.3) is 0 Å². The van der Waals surface area contributed by atoms with Crippen LogP contribution in [0.2, 0.25) is 0 Å². The topological polar surface area (TPSA) is 233 Å². The lowest BCUT2D eigenvalue weighted by molar-refractivity contribution is -0.682. The maximum atomic E-state index is 10.2. The Hall–Kier alpha value is -2.89. The van der Waals surface area contributed by atoms with Crippen LogP contribution in [0.3, 0.4) is 0 Å². The zero-order valence-electron chi connectivity index (χ0n) is 20.5. The minimum atomic E-state index is -4.94. The van der Waals surface area contributed by atoms with Crippen molar-refractivity contribution in [2.24, 2.45) is 14.1 Å². The van der Waals surface area contributed by atoms with Crippen LogP contribution in [0.5, 0.6) is 0 Å². The molecule has 0 radical (unpaired) electrons. The van der Waals surface area contributed by atoms with Crippen molar-refractivity contribution in [2.75, 3.05) is 13.2 Å². The second kappa shape index (κ2) is 15.3. The molecule has 36 heavy (non-hydrogen) atoms. The van der Waals surface area contributed by atoms with Crippen LogP contribution in [0.15, 0.2) is 24.8 Å². The number of rotatable bonds is 10. The molecule has 0 amide bonds. The van der Waals surface area contributed by atoms with E-state index in [2.05, 4.69) is 0 Å². The smallest absolute Gasteiger partial charge is 0.285 e. The highest BCUT2D eigenvalue weighted by Crippen LogP contribution is 2.07. The molecular weight excluding hydrogens is 504 g/mol. The van der Waals surface area contributed by atoms with Crippen molar-refractivity contribution in [3.8, 4) is 0 Å². The van der Waals surface area contributed by atoms with Crippen LogP contribution in [-0.4, -0.2) is 72.9 Å². The molecule has 2 heterocycles. The molecule has 2 aromatic heterocycles. The Morgan fingerprint density at radius 2 is 1.28 bits per heavy atom. The van der Waals surface area contributed by atoms with E-state index in [4.69, 9.17) is 14.8 Å². The fourth-order valence-electron chi connectivity index (χ4n) is 3.20. The molecule has 0 aliphatic rings. The molecule has 3 unspecified atom stereocenters. The molecule has 16 heteroatoms. The quantitative estimate of drug-likeness (QED) is 0.142. The van der Waals surface area contributed by atoms with Gasteiger partial charge in [0, 0.05) is 12.4 Å². The number of carbonyl (C=O) groups is 2. The average molecular weight is 539 g/mol. The van der Waals surface area contributed by atoms with E-state index in [1.54, 1.807) is 13.8 Å². The molecule has 0 saturated carbocycles. The number of hydrogen-bond donors (Lipinski definition) is 5. The van der Waals surface area contributed by atoms with Crippen molar-refractivity contribution in [1.82, 2.24) is 9.13 Å². The van der Waals surface area contributed by atoms with Gasteiger partial charge in [0.05, 0.1) is 33.3 Å². The molecule has 2 aromatic rings. The number of hydrogen-bond acceptors (Lipinski definition) is 10. The molecule has 5 N–H and O–H groups in total. The Kier molecular flexibility index (Phi) is 14.0. The maximum absolute atomic E-state index is 10.2. The molecule has 0 bridgehead atoms. The first-order chi connectivity index (χ1) is 16.6. The number of carboxylic acids is 2. The Morgan fingerprint density at radius 1 is 0.917 bits per heavy atom. The number of aromatic nitrogens is 4. The van der Waals surface area contributed by atoms with Gasteiger partial charge in [0.15, 0.2) is 12.2 Å². The van der Waals surface area contributed by atoms with Gasteiger partial charge in [-0.05, 0) is 13.8 Å². The summed E-state index contributed by atoms with van der Waals surface area (Å²) in [6.07, 6.45) is 5.07. The first-order valence-electron chi connectivity index (χ1n) is 10.6. The van der Waals surface area contributed by atoms with E-state index in [0.717, 1.165) is 11.6 Å². The van der Waals surface area contributed by atoms with Gasteiger partial charge in [-0.1, -0.05) is 0 Å². The van der Waals surface area contributed by atoms with Gasteiger partial charge in [0.1, 0.15) is 43.1 Å². The zero-order chi connectivity index (χ0) is 28.2. The molecule has 3 atom stereocenters. The van der Waals surface area contributed by atoms with Gasteiger partial charge >= 0.3 is 0 Å². The summed E-state index contributed by atoms with van der Waals surface area (Å²) in [6.45, 7) is 4.66. The number of aliphatic hydroxyl groups excluding tert-OH is 4. The Balaban J connectivity index is 0.000000510. The van der Waals surface area contributed by atoms with Crippen LogP contribution in [-0.2, 0) is 46.9 Å². The molecule has 0 aliphatic heterocycles. The first kappa shape index (κ1) is 33.1. The molecule has 206 valence electrons. The van der Waals surface area contributed by atoms with Gasteiger partial charge < -0.3 is 40.2 Å². The summed E-state index contributed by atoms with van der Waals surface area (Å²) >= 11 is 0.